The van der Waals surface area contributed by atoms with E-state index >= 15 is 0 Å². The molecule has 1 heterocycles. The highest BCUT2D eigenvalue weighted by atomic mass is 32.1. The van der Waals surface area contributed by atoms with E-state index in [4.69, 9.17) is 0 Å². The average molecular weight is 316 g/mol. The van der Waals surface area contributed by atoms with Crippen LogP contribution in [0.2, 0.25) is 0 Å². The molecule has 0 aliphatic heterocycles. The zero-order valence-electron chi connectivity index (χ0n) is 12.8. The van der Waals surface area contributed by atoms with E-state index in [2.05, 4.69) is 17.9 Å². The van der Waals surface area contributed by atoms with Crippen molar-refractivity contribution in [3.63, 3.8) is 0 Å². The Balaban J connectivity index is 2.15. The maximum atomic E-state index is 12.5. The molecule has 1 N–H and O–H groups in total. The van der Waals surface area contributed by atoms with Crippen molar-refractivity contribution in [2.45, 2.75) is 13.3 Å². The van der Waals surface area contributed by atoms with Gasteiger partial charge < -0.3 is 9.88 Å². The van der Waals surface area contributed by atoms with Crippen molar-refractivity contribution in [2.24, 2.45) is 7.05 Å². The molecule has 22 heavy (non-hydrogen) atoms. The summed E-state index contributed by atoms with van der Waals surface area (Å²) in [6, 6.07) is 11.1. The zero-order valence-corrected chi connectivity index (χ0v) is 13.7. The lowest BCUT2D eigenvalue weighted by Crippen LogP contribution is -2.27. The molecule has 0 unspecified atom stereocenters. The average Bonchev–Trinajstić information content (AvgIpc) is 2.86. The molecule has 0 bridgehead atoms. The molecule has 1 amide bonds. The van der Waals surface area contributed by atoms with Gasteiger partial charge in [-0.1, -0.05) is 29.8 Å². The number of hydrogen-bond acceptors (Lipinski definition) is 3. The first kappa shape index (κ1) is 16.4. The van der Waals surface area contributed by atoms with Crippen molar-refractivity contribution in [3.05, 3.63) is 58.9 Å². The summed E-state index contributed by atoms with van der Waals surface area (Å²) in [7, 11) is 1.81. The summed E-state index contributed by atoms with van der Waals surface area (Å²) in [6.45, 7) is 2.53. The predicted molar refractivity (Wildman–Crippen MR) is 90.6 cm³/mol. The summed E-state index contributed by atoms with van der Waals surface area (Å²) in [5, 5.41) is 2.77. The van der Waals surface area contributed by atoms with Gasteiger partial charge in [0.15, 0.2) is 0 Å². The van der Waals surface area contributed by atoms with E-state index in [1.807, 2.05) is 44.3 Å². The summed E-state index contributed by atoms with van der Waals surface area (Å²) in [4.78, 5) is 24.3. The lowest BCUT2D eigenvalue weighted by atomic mass is 10.1. The molecule has 0 spiro atoms. The van der Waals surface area contributed by atoms with Crippen molar-refractivity contribution in [1.82, 2.24) is 9.88 Å². The van der Waals surface area contributed by atoms with Crippen molar-refractivity contribution >= 4 is 24.3 Å². The first-order chi connectivity index (χ1) is 10.5. The highest BCUT2D eigenvalue weighted by Gasteiger charge is 2.15. The van der Waals surface area contributed by atoms with Crippen LogP contribution >= 0.6 is 12.6 Å². The Hall–Kier alpha value is -2.01. The summed E-state index contributed by atoms with van der Waals surface area (Å²) < 4.78 is 1.78. The fourth-order valence-corrected chi connectivity index (χ4v) is 2.35. The van der Waals surface area contributed by atoms with Gasteiger partial charge in [0.2, 0.25) is 11.7 Å². The molecular formula is C17H20N2O2S. The summed E-state index contributed by atoms with van der Waals surface area (Å²) in [5.41, 5.74) is 3.16. The van der Waals surface area contributed by atoms with Crippen LogP contribution in [-0.2, 0) is 18.3 Å². The van der Waals surface area contributed by atoms with E-state index < -0.39 is 0 Å². The van der Waals surface area contributed by atoms with E-state index in [0.717, 1.165) is 11.3 Å². The summed E-state index contributed by atoms with van der Waals surface area (Å²) in [6.07, 6.45) is 0.255. The third kappa shape index (κ3) is 3.80. The van der Waals surface area contributed by atoms with E-state index in [1.165, 1.54) is 0 Å². The van der Waals surface area contributed by atoms with Gasteiger partial charge in [-0.05, 0) is 19.1 Å². The molecule has 0 atom stereocenters. The Morgan fingerprint density at radius 3 is 2.45 bits per heavy atom. The molecule has 116 valence electrons. The van der Waals surface area contributed by atoms with Crippen molar-refractivity contribution in [3.8, 4) is 0 Å². The number of hydrogen-bond donors (Lipinski definition) is 2. The lowest BCUT2D eigenvalue weighted by Gasteiger charge is -2.08. The lowest BCUT2D eigenvalue weighted by molar-refractivity contribution is -0.120. The van der Waals surface area contributed by atoms with Gasteiger partial charge in [0, 0.05) is 30.6 Å². The molecular weight excluding hydrogens is 296 g/mol. The Kier molecular flexibility index (Phi) is 5.44. The molecule has 0 fully saturated rings. The molecule has 0 saturated carbocycles. The number of ketones is 1. The number of aromatic nitrogens is 1. The third-order valence-corrected chi connectivity index (χ3v) is 3.77. The maximum absolute atomic E-state index is 12.5. The molecule has 2 aromatic rings. The highest BCUT2D eigenvalue weighted by Crippen LogP contribution is 2.14. The monoisotopic (exact) mass is 316 g/mol. The normalized spacial score (nSPS) is 10.5. The van der Waals surface area contributed by atoms with Crippen LogP contribution in [0.15, 0.2) is 36.4 Å². The maximum Gasteiger partial charge on any atom is 0.225 e. The Morgan fingerprint density at radius 2 is 1.82 bits per heavy atom. The topological polar surface area (TPSA) is 51.1 Å². The van der Waals surface area contributed by atoms with Gasteiger partial charge in [0.05, 0.1) is 12.1 Å². The van der Waals surface area contributed by atoms with E-state index in [9.17, 15) is 9.59 Å². The smallest absolute Gasteiger partial charge is 0.225 e. The van der Waals surface area contributed by atoms with Gasteiger partial charge in [-0.3, -0.25) is 9.59 Å². The number of benzene rings is 1. The van der Waals surface area contributed by atoms with Gasteiger partial charge in [0.1, 0.15) is 0 Å². The predicted octanol–water partition coefficient (Wildman–Crippen LogP) is 2.15. The van der Waals surface area contributed by atoms with Crippen LogP contribution in [0.3, 0.4) is 0 Å². The molecule has 1 aromatic heterocycles. The molecule has 0 aliphatic carbocycles. The number of thiol groups is 1. The first-order valence-electron chi connectivity index (χ1n) is 7.16. The van der Waals surface area contributed by atoms with Crippen LogP contribution in [-0.4, -0.2) is 28.6 Å². The Labute approximate surface area is 135 Å². The standard InChI is InChI=1S/C17H20N2O2S/c1-12-3-5-13(6-4-12)17(21)15-8-7-14(19(15)2)11-16(20)18-9-10-22/h3-8,22H,9-11H2,1-2H3,(H,18,20). The summed E-state index contributed by atoms with van der Waals surface area (Å²) >= 11 is 4.06. The molecule has 0 aliphatic rings. The van der Waals surface area contributed by atoms with E-state index in [1.54, 1.807) is 10.6 Å². The number of amides is 1. The quantitative estimate of drug-likeness (QED) is 0.634. The highest BCUT2D eigenvalue weighted by molar-refractivity contribution is 7.80. The largest absolute Gasteiger partial charge is 0.355 e. The van der Waals surface area contributed by atoms with Gasteiger partial charge in [-0.15, -0.1) is 0 Å². The van der Waals surface area contributed by atoms with Crippen molar-refractivity contribution in [1.29, 1.82) is 0 Å². The van der Waals surface area contributed by atoms with Gasteiger partial charge in [0.25, 0.3) is 0 Å². The van der Waals surface area contributed by atoms with Gasteiger partial charge >= 0.3 is 0 Å². The SMILES string of the molecule is Cc1ccc(C(=O)c2ccc(CC(=O)NCCS)n2C)cc1. The van der Waals surface area contributed by atoms with Crippen LogP contribution < -0.4 is 5.32 Å². The fraction of sp³-hybridized carbons (Fsp3) is 0.294. The Bertz CT molecular complexity index is 674. The van der Waals surface area contributed by atoms with Crippen LogP contribution in [0.25, 0.3) is 0 Å². The number of nitrogens with zero attached hydrogens (tertiary/aromatic N) is 1. The second kappa shape index (κ2) is 7.31. The van der Waals surface area contributed by atoms with Crippen LogP contribution in [0.4, 0.5) is 0 Å². The molecule has 0 radical (unpaired) electrons. The van der Waals surface area contributed by atoms with Crippen LogP contribution in [0.1, 0.15) is 27.3 Å². The number of rotatable bonds is 6. The first-order valence-corrected chi connectivity index (χ1v) is 7.79. The summed E-state index contributed by atoms with van der Waals surface area (Å²) in [5.74, 6) is 0.504. The molecule has 2 rings (SSSR count). The minimum absolute atomic E-state index is 0.0375. The van der Waals surface area contributed by atoms with E-state index in [0.29, 0.717) is 23.6 Å². The minimum Gasteiger partial charge on any atom is -0.355 e. The number of carbonyl (C=O) groups is 2. The number of carbonyl (C=O) groups excluding carboxylic acids is 2. The molecule has 1 aromatic carbocycles. The van der Waals surface area contributed by atoms with Crippen LogP contribution in [0.5, 0.6) is 0 Å². The second-order valence-electron chi connectivity index (χ2n) is 5.21. The fourth-order valence-electron chi connectivity index (χ4n) is 2.23. The number of nitrogens with one attached hydrogen (secondary N) is 1. The number of aryl methyl sites for hydroxylation is 1. The van der Waals surface area contributed by atoms with E-state index in [-0.39, 0.29) is 18.1 Å². The minimum atomic E-state index is -0.0652. The zero-order chi connectivity index (χ0) is 16.1. The second-order valence-corrected chi connectivity index (χ2v) is 5.66. The van der Waals surface area contributed by atoms with Crippen molar-refractivity contribution < 1.29 is 9.59 Å². The molecule has 0 saturated heterocycles. The molecule has 5 heteroatoms. The van der Waals surface area contributed by atoms with Crippen LogP contribution in [0, 0.1) is 6.92 Å². The third-order valence-electron chi connectivity index (χ3n) is 3.55. The van der Waals surface area contributed by atoms with Gasteiger partial charge in [-0.25, -0.2) is 0 Å². The molecule has 4 nitrogen and oxygen atoms in total. The van der Waals surface area contributed by atoms with Gasteiger partial charge in [-0.2, -0.15) is 12.6 Å². The van der Waals surface area contributed by atoms with Crippen molar-refractivity contribution in [2.75, 3.05) is 12.3 Å². The Morgan fingerprint density at radius 1 is 1.14 bits per heavy atom.